The Morgan fingerprint density at radius 1 is 1.08 bits per heavy atom. The third kappa shape index (κ3) is 4.14. The van der Waals surface area contributed by atoms with Crippen LogP contribution in [0.5, 0.6) is 0 Å². The summed E-state index contributed by atoms with van der Waals surface area (Å²) in [6.07, 6.45) is -11.0. The third-order valence-corrected chi connectivity index (χ3v) is 2.91. The van der Waals surface area contributed by atoms with Gasteiger partial charge in [-0.25, -0.2) is 4.68 Å². The molecule has 0 spiro atoms. The lowest BCUT2D eigenvalue weighted by atomic mass is 10.1. The van der Waals surface area contributed by atoms with Gasteiger partial charge in [0.05, 0.1) is 17.3 Å². The maximum absolute atomic E-state index is 12.9. The first-order valence-corrected chi connectivity index (χ1v) is 7.01. The zero-order valence-electron chi connectivity index (χ0n) is 13.3. The van der Waals surface area contributed by atoms with Crippen LogP contribution < -0.4 is 5.56 Å². The number of halogens is 6. The Bertz CT molecular complexity index is 883. The molecule has 0 atom stereocenters. The largest absolute Gasteiger partial charge is 0.455 e. The quantitative estimate of drug-likeness (QED) is 0.636. The van der Waals surface area contributed by atoms with Crippen molar-refractivity contribution in [2.45, 2.75) is 26.2 Å². The van der Waals surface area contributed by atoms with Crippen LogP contribution in [0.4, 0.5) is 26.3 Å². The van der Waals surface area contributed by atoms with Gasteiger partial charge in [-0.15, -0.1) is 0 Å². The molecule has 0 bridgehead atoms. The first-order chi connectivity index (χ1) is 12.0. The Balaban J connectivity index is 0.00000163. The van der Waals surface area contributed by atoms with E-state index < -0.39 is 35.0 Å². The van der Waals surface area contributed by atoms with Crippen molar-refractivity contribution in [3.8, 4) is 11.8 Å². The van der Waals surface area contributed by atoms with Gasteiger partial charge in [0.15, 0.2) is 5.69 Å². The summed E-state index contributed by atoms with van der Waals surface area (Å²) < 4.78 is 76.2. The number of alkyl halides is 6. The minimum absolute atomic E-state index is 0.112. The molecule has 0 aliphatic rings. The Morgan fingerprint density at radius 3 is 1.96 bits per heavy atom. The molecule has 2 aromatic rings. The Hall–Kier alpha value is -3.03. The molecule has 1 N–H and O–H groups in total. The second kappa shape index (κ2) is 7.47. The van der Waals surface area contributed by atoms with Gasteiger partial charge in [0.2, 0.25) is 0 Å². The molecule has 1 heterocycles. The molecule has 5 nitrogen and oxygen atoms in total. The number of nitrogens with one attached hydrogen (secondary N) is 1. The molecule has 0 aliphatic carbocycles. The van der Waals surface area contributed by atoms with E-state index in [0.29, 0.717) is 0 Å². The molecule has 1 aromatic heterocycles. The summed E-state index contributed by atoms with van der Waals surface area (Å²) >= 11 is 0. The van der Waals surface area contributed by atoms with Crippen LogP contribution in [-0.2, 0) is 6.18 Å². The van der Waals surface area contributed by atoms with Gasteiger partial charge in [-0.2, -0.15) is 31.6 Å². The number of Topliss-reactive ketones (excluding diaryl/α,β-unsaturated/α-hetero) is 1. The molecule has 140 valence electrons. The van der Waals surface area contributed by atoms with Gasteiger partial charge in [-0.3, -0.25) is 14.7 Å². The summed E-state index contributed by atoms with van der Waals surface area (Å²) in [4.78, 5) is 23.1. The molecule has 0 radical (unpaired) electrons. The number of hydrogen-bond acceptors (Lipinski definition) is 3. The van der Waals surface area contributed by atoms with Crippen LogP contribution in [0, 0.1) is 11.3 Å². The maximum Gasteiger partial charge on any atom is 0.455 e. The molecule has 0 amide bonds. The monoisotopic (exact) mass is 379 g/mol. The number of aromatic nitrogens is 2. The van der Waals surface area contributed by atoms with Crippen molar-refractivity contribution in [2.75, 3.05) is 0 Å². The zero-order valence-corrected chi connectivity index (χ0v) is 13.3. The number of hydrogen-bond donors (Lipinski definition) is 1. The van der Waals surface area contributed by atoms with E-state index in [1.54, 1.807) is 6.07 Å². The highest BCUT2D eigenvalue weighted by Gasteiger charge is 2.48. The van der Waals surface area contributed by atoms with Crippen molar-refractivity contribution < 1.29 is 31.1 Å². The van der Waals surface area contributed by atoms with Crippen molar-refractivity contribution in [1.82, 2.24) is 9.78 Å². The molecule has 0 fully saturated rings. The number of nitriles is 1. The molecule has 26 heavy (non-hydrogen) atoms. The van der Waals surface area contributed by atoms with Crippen LogP contribution in [0.15, 0.2) is 29.1 Å². The van der Waals surface area contributed by atoms with E-state index in [1.165, 1.54) is 5.10 Å². The number of H-pyrrole nitrogens is 1. The second-order valence-corrected chi connectivity index (χ2v) is 4.49. The Kier molecular flexibility index (Phi) is 6.03. The third-order valence-electron chi connectivity index (χ3n) is 2.91. The lowest BCUT2D eigenvalue weighted by Crippen LogP contribution is -2.31. The lowest BCUT2D eigenvalue weighted by molar-refractivity contribution is -0.142. The highest BCUT2D eigenvalue weighted by molar-refractivity contribution is 6.01. The van der Waals surface area contributed by atoms with Gasteiger partial charge in [-0.1, -0.05) is 13.8 Å². The molecule has 0 saturated carbocycles. The number of nitrogens with zero attached hydrogens (tertiary/aromatic N) is 2. The summed E-state index contributed by atoms with van der Waals surface area (Å²) in [5.74, 6) is -2.90. The average molecular weight is 379 g/mol. The fourth-order valence-corrected chi connectivity index (χ4v) is 1.86. The number of rotatable bonds is 2. The van der Waals surface area contributed by atoms with Crippen molar-refractivity contribution in [1.29, 1.82) is 5.26 Å². The Morgan fingerprint density at radius 2 is 1.58 bits per heavy atom. The van der Waals surface area contributed by atoms with Crippen molar-refractivity contribution in [3.63, 3.8) is 0 Å². The molecule has 0 unspecified atom stereocenters. The van der Waals surface area contributed by atoms with E-state index >= 15 is 0 Å². The van der Waals surface area contributed by atoms with Gasteiger partial charge >= 0.3 is 12.4 Å². The number of carbonyl (C=O) groups is 1. The summed E-state index contributed by atoms with van der Waals surface area (Å²) in [5.41, 5.74) is -6.10. The molecular weight excluding hydrogens is 368 g/mol. The highest BCUT2D eigenvalue weighted by Crippen LogP contribution is 2.32. The minimum Gasteiger partial charge on any atom is -0.286 e. The predicted molar refractivity (Wildman–Crippen MR) is 77.8 cm³/mol. The number of carbonyl (C=O) groups excluding carboxylic acids is 1. The first-order valence-electron chi connectivity index (χ1n) is 7.01. The summed E-state index contributed by atoms with van der Waals surface area (Å²) in [5, 5.41) is 10.1. The van der Waals surface area contributed by atoms with Crippen molar-refractivity contribution in [3.05, 3.63) is 51.4 Å². The fraction of sp³-hybridized carbons (Fsp3) is 0.267. The van der Waals surface area contributed by atoms with Crippen LogP contribution in [-0.4, -0.2) is 21.7 Å². The lowest BCUT2D eigenvalue weighted by Gasteiger charge is -2.07. The Labute approximate surface area is 142 Å². The molecule has 2 rings (SSSR count). The first kappa shape index (κ1) is 21.0. The smallest absolute Gasteiger partial charge is 0.286 e. The van der Waals surface area contributed by atoms with Gasteiger partial charge in [0.25, 0.3) is 11.3 Å². The minimum atomic E-state index is -5.65. The number of aromatic amines is 1. The second-order valence-electron chi connectivity index (χ2n) is 4.49. The van der Waals surface area contributed by atoms with Crippen LogP contribution >= 0.6 is 0 Å². The van der Waals surface area contributed by atoms with Crippen LogP contribution in [0.25, 0.3) is 5.69 Å². The van der Waals surface area contributed by atoms with Crippen LogP contribution in [0.3, 0.4) is 0 Å². The van der Waals surface area contributed by atoms with E-state index in [0.717, 1.165) is 24.3 Å². The van der Waals surface area contributed by atoms with E-state index in [2.05, 4.69) is 0 Å². The van der Waals surface area contributed by atoms with E-state index in [9.17, 15) is 35.9 Å². The highest BCUT2D eigenvalue weighted by atomic mass is 19.4. The van der Waals surface area contributed by atoms with Gasteiger partial charge < -0.3 is 0 Å². The van der Waals surface area contributed by atoms with Gasteiger partial charge in [0, 0.05) is 0 Å². The zero-order chi connectivity index (χ0) is 20.3. The summed E-state index contributed by atoms with van der Waals surface area (Å²) in [7, 11) is 0. The van der Waals surface area contributed by atoms with E-state index in [-0.39, 0.29) is 15.9 Å². The molecule has 0 saturated heterocycles. The van der Waals surface area contributed by atoms with Gasteiger partial charge in [0.1, 0.15) is 5.56 Å². The maximum atomic E-state index is 12.9. The standard InChI is InChI=1S/C13H5F6N3O2.C2H6/c14-12(15,16)9-8(10(23)13(17,18)19)11(24)22(21-9)7-3-1-6(5-20)2-4-7;1-2/h1-4,21H;1-2H3. The van der Waals surface area contributed by atoms with Crippen molar-refractivity contribution >= 4 is 5.78 Å². The topological polar surface area (TPSA) is 78.7 Å². The fourth-order valence-electron chi connectivity index (χ4n) is 1.86. The van der Waals surface area contributed by atoms with Crippen LogP contribution in [0.1, 0.15) is 35.5 Å². The molecular formula is C15H11F6N3O2. The average Bonchev–Trinajstić information content (AvgIpc) is 2.92. The predicted octanol–water partition coefficient (Wildman–Crippen LogP) is 3.83. The van der Waals surface area contributed by atoms with Crippen LogP contribution in [0.2, 0.25) is 0 Å². The van der Waals surface area contributed by atoms with Crippen molar-refractivity contribution in [2.24, 2.45) is 0 Å². The molecule has 0 aliphatic heterocycles. The molecule has 1 aromatic carbocycles. The normalized spacial score (nSPS) is 11.3. The van der Waals surface area contributed by atoms with E-state index in [1.807, 2.05) is 13.8 Å². The SMILES string of the molecule is CC.N#Cc1ccc(-n2[nH]c(C(F)(F)F)c(C(=O)C(F)(F)F)c2=O)cc1. The van der Waals surface area contributed by atoms with Gasteiger partial charge in [-0.05, 0) is 24.3 Å². The summed E-state index contributed by atoms with van der Waals surface area (Å²) in [6.45, 7) is 4.00. The summed E-state index contributed by atoms with van der Waals surface area (Å²) in [6, 6.07) is 6.08. The molecule has 11 heteroatoms. The van der Waals surface area contributed by atoms with E-state index in [4.69, 9.17) is 5.26 Å². The number of ketones is 1. The number of benzene rings is 1.